The Labute approximate surface area is 112 Å². The van der Waals surface area contributed by atoms with E-state index in [1.165, 1.54) is 4.90 Å². The Hall–Kier alpha value is -2.09. The Bertz CT molecular complexity index is 565. The van der Waals surface area contributed by atoms with Gasteiger partial charge in [0.25, 0.3) is 5.91 Å². The number of nitrogens with zero attached hydrogens (tertiary/aromatic N) is 2. The lowest BCUT2D eigenvalue weighted by atomic mass is 10.1. The minimum atomic E-state index is -1.33. The van der Waals surface area contributed by atoms with Crippen LogP contribution >= 0.6 is 0 Å². The summed E-state index contributed by atoms with van der Waals surface area (Å²) in [6.07, 6.45) is 1.23. The van der Waals surface area contributed by atoms with Crippen molar-refractivity contribution in [3.8, 4) is 0 Å². The van der Waals surface area contributed by atoms with Crippen LogP contribution in [0.5, 0.6) is 0 Å². The van der Waals surface area contributed by atoms with Crippen molar-refractivity contribution in [2.75, 3.05) is 13.2 Å². The van der Waals surface area contributed by atoms with Gasteiger partial charge >= 0.3 is 5.69 Å². The first-order valence-electron chi connectivity index (χ1n) is 6.01. The summed E-state index contributed by atoms with van der Waals surface area (Å²) in [6.45, 7) is 0.0608. The zero-order valence-corrected chi connectivity index (χ0v) is 10.4. The predicted octanol–water partition coefficient (Wildman–Crippen LogP) is 1.47. The number of rotatable bonds is 3. The predicted molar refractivity (Wildman–Crippen MR) is 64.2 cm³/mol. The maximum Gasteiger partial charge on any atom is 0.305 e. The monoisotopic (exact) mass is 286 g/mol. The Morgan fingerprint density at radius 3 is 2.75 bits per heavy atom. The molecule has 1 aromatic rings. The second-order valence-electron chi connectivity index (χ2n) is 4.52. The van der Waals surface area contributed by atoms with Crippen LogP contribution in [-0.4, -0.2) is 40.0 Å². The largest absolute Gasteiger partial charge is 0.394 e. The third-order valence-corrected chi connectivity index (χ3v) is 3.31. The molecule has 1 heterocycles. The number of halogens is 2. The molecule has 0 radical (unpaired) electrons. The molecule has 0 aromatic heterocycles. The van der Waals surface area contributed by atoms with Gasteiger partial charge in [-0.25, -0.2) is 4.39 Å². The van der Waals surface area contributed by atoms with Crippen LogP contribution in [0, 0.1) is 21.7 Å². The number of carbonyl (C=O) groups is 1. The summed E-state index contributed by atoms with van der Waals surface area (Å²) in [5, 5.41) is 19.8. The maximum atomic E-state index is 13.7. The summed E-state index contributed by atoms with van der Waals surface area (Å²) in [5.41, 5.74) is -1.51. The first kappa shape index (κ1) is 14.3. The number of carbonyl (C=O) groups excluding carboxylic acids is 1. The van der Waals surface area contributed by atoms with Crippen molar-refractivity contribution in [3.05, 3.63) is 39.4 Å². The number of hydrogen-bond donors (Lipinski definition) is 1. The van der Waals surface area contributed by atoms with Crippen molar-refractivity contribution in [1.82, 2.24) is 4.90 Å². The molecule has 1 amide bonds. The van der Waals surface area contributed by atoms with E-state index in [4.69, 9.17) is 5.11 Å². The van der Waals surface area contributed by atoms with Crippen molar-refractivity contribution < 1.29 is 23.6 Å². The molecule has 8 heteroatoms. The van der Waals surface area contributed by atoms with Gasteiger partial charge in [0.1, 0.15) is 5.82 Å². The van der Waals surface area contributed by atoms with Crippen LogP contribution in [0.25, 0.3) is 0 Å². The van der Waals surface area contributed by atoms with E-state index in [1.54, 1.807) is 0 Å². The van der Waals surface area contributed by atoms with Crippen molar-refractivity contribution in [2.45, 2.75) is 18.9 Å². The summed E-state index contributed by atoms with van der Waals surface area (Å²) in [7, 11) is 0. The molecule has 1 N–H and O–H groups in total. The van der Waals surface area contributed by atoms with Crippen molar-refractivity contribution in [2.24, 2.45) is 0 Å². The van der Waals surface area contributed by atoms with E-state index >= 15 is 0 Å². The summed E-state index contributed by atoms with van der Waals surface area (Å²) in [5.74, 6) is -3.26. The van der Waals surface area contributed by atoms with E-state index in [0.717, 1.165) is 0 Å². The van der Waals surface area contributed by atoms with Gasteiger partial charge < -0.3 is 10.0 Å². The summed E-state index contributed by atoms with van der Waals surface area (Å²) in [6, 6.07) is 0.487. The Kier molecular flexibility index (Phi) is 3.93. The molecule has 6 nitrogen and oxygen atoms in total. The number of nitro groups is 1. The number of amides is 1. The molecule has 0 unspecified atom stereocenters. The summed E-state index contributed by atoms with van der Waals surface area (Å²) in [4.78, 5) is 23.0. The third-order valence-electron chi connectivity index (χ3n) is 3.31. The molecular weight excluding hydrogens is 274 g/mol. The zero-order chi connectivity index (χ0) is 14.9. The lowest BCUT2D eigenvalue weighted by Crippen LogP contribution is -2.38. The quantitative estimate of drug-likeness (QED) is 0.673. The normalized spacial score (nSPS) is 18.4. The molecular formula is C12H12F2N2O4. The van der Waals surface area contributed by atoms with Gasteiger partial charge in [-0.15, -0.1) is 0 Å². The van der Waals surface area contributed by atoms with E-state index < -0.39 is 39.8 Å². The Morgan fingerprint density at radius 1 is 1.45 bits per heavy atom. The van der Waals surface area contributed by atoms with Gasteiger partial charge in [0.2, 0.25) is 5.82 Å². The number of likely N-dealkylation sites (tertiary alicyclic amines) is 1. The highest BCUT2D eigenvalue weighted by atomic mass is 19.1. The number of aliphatic hydroxyl groups is 1. The number of benzene rings is 1. The lowest BCUT2D eigenvalue weighted by Gasteiger charge is -2.23. The second kappa shape index (κ2) is 5.49. The number of aliphatic hydroxyl groups excluding tert-OH is 1. The fraction of sp³-hybridized carbons (Fsp3) is 0.417. The summed E-state index contributed by atoms with van der Waals surface area (Å²) < 4.78 is 26.9. The van der Waals surface area contributed by atoms with Crippen LogP contribution in [0.3, 0.4) is 0 Å². The highest BCUT2D eigenvalue weighted by Crippen LogP contribution is 2.25. The molecule has 0 saturated carbocycles. The van der Waals surface area contributed by atoms with Crippen LogP contribution in [0.15, 0.2) is 12.1 Å². The van der Waals surface area contributed by atoms with Crippen LogP contribution in [0.4, 0.5) is 14.5 Å². The molecule has 0 spiro atoms. The van der Waals surface area contributed by atoms with E-state index in [-0.39, 0.29) is 6.61 Å². The molecule has 20 heavy (non-hydrogen) atoms. The van der Waals surface area contributed by atoms with E-state index in [1.807, 2.05) is 0 Å². The van der Waals surface area contributed by atoms with Crippen molar-refractivity contribution in [3.63, 3.8) is 0 Å². The standard InChI is InChI=1S/C12H12F2N2O4/c13-9-5-10(14)11(16(19)20)4-8(9)12(18)15-3-1-2-7(15)6-17/h4-5,7,17H,1-3,6H2/t7-/m0/s1. The highest BCUT2D eigenvalue weighted by molar-refractivity contribution is 5.95. The molecule has 1 aromatic carbocycles. The molecule has 1 fully saturated rings. The second-order valence-corrected chi connectivity index (χ2v) is 4.52. The van der Waals surface area contributed by atoms with Crippen molar-refractivity contribution in [1.29, 1.82) is 0 Å². The fourth-order valence-electron chi connectivity index (χ4n) is 2.29. The van der Waals surface area contributed by atoms with Crippen LogP contribution in [0.2, 0.25) is 0 Å². The SMILES string of the molecule is O=C(c1cc([N+](=O)[O-])c(F)cc1F)N1CCC[C@H]1CO. The van der Waals surface area contributed by atoms with Gasteiger partial charge in [-0.2, -0.15) is 4.39 Å². The zero-order valence-electron chi connectivity index (χ0n) is 10.4. The average Bonchev–Trinajstić information content (AvgIpc) is 2.85. The highest BCUT2D eigenvalue weighted by Gasteiger charge is 2.32. The van der Waals surface area contributed by atoms with E-state index in [0.29, 0.717) is 31.5 Å². The van der Waals surface area contributed by atoms with E-state index in [9.17, 15) is 23.7 Å². The molecule has 1 saturated heterocycles. The average molecular weight is 286 g/mol. The van der Waals surface area contributed by atoms with Crippen LogP contribution in [-0.2, 0) is 0 Å². The smallest absolute Gasteiger partial charge is 0.305 e. The fourth-order valence-corrected chi connectivity index (χ4v) is 2.29. The third kappa shape index (κ3) is 2.46. The van der Waals surface area contributed by atoms with Gasteiger partial charge in [0.15, 0.2) is 0 Å². The molecule has 1 aliphatic heterocycles. The van der Waals surface area contributed by atoms with Crippen LogP contribution in [0.1, 0.15) is 23.2 Å². The molecule has 0 bridgehead atoms. The van der Waals surface area contributed by atoms with Gasteiger partial charge in [0.05, 0.1) is 23.1 Å². The van der Waals surface area contributed by atoms with Gasteiger partial charge in [-0.3, -0.25) is 14.9 Å². The van der Waals surface area contributed by atoms with Crippen molar-refractivity contribution >= 4 is 11.6 Å². The summed E-state index contributed by atoms with van der Waals surface area (Å²) >= 11 is 0. The van der Waals surface area contributed by atoms with Crippen LogP contribution < -0.4 is 0 Å². The van der Waals surface area contributed by atoms with E-state index in [2.05, 4.69) is 0 Å². The Balaban J connectivity index is 2.39. The Morgan fingerprint density at radius 2 is 2.15 bits per heavy atom. The van der Waals surface area contributed by atoms with Gasteiger partial charge in [0, 0.05) is 18.7 Å². The first-order valence-corrected chi connectivity index (χ1v) is 6.01. The molecule has 108 valence electrons. The molecule has 0 aliphatic carbocycles. The van der Waals surface area contributed by atoms with Gasteiger partial charge in [-0.05, 0) is 12.8 Å². The minimum absolute atomic E-state index is 0.267. The number of hydrogen-bond acceptors (Lipinski definition) is 4. The number of nitro benzene ring substituents is 1. The molecule has 1 aliphatic rings. The first-order chi connectivity index (χ1) is 9.45. The molecule has 1 atom stereocenters. The van der Waals surface area contributed by atoms with Gasteiger partial charge in [-0.1, -0.05) is 0 Å². The minimum Gasteiger partial charge on any atom is -0.394 e. The topological polar surface area (TPSA) is 83.7 Å². The lowest BCUT2D eigenvalue weighted by molar-refractivity contribution is -0.387. The maximum absolute atomic E-state index is 13.7. The molecule has 2 rings (SSSR count).